The fraction of sp³-hybridized carbons (Fsp3) is 0.316. The van der Waals surface area contributed by atoms with E-state index in [-0.39, 0.29) is 10.9 Å². The minimum atomic E-state index is -3.71. The van der Waals surface area contributed by atoms with Gasteiger partial charge in [-0.3, -0.25) is 9.69 Å². The van der Waals surface area contributed by atoms with Gasteiger partial charge in [0.1, 0.15) is 11.9 Å². The first kappa shape index (κ1) is 19.5. The van der Waals surface area contributed by atoms with Crippen molar-refractivity contribution in [2.45, 2.75) is 29.8 Å². The van der Waals surface area contributed by atoms with Gasteiger partial charge in [-0.2, -0.15) is 0 Å². The van der Waals surface area contributed by atoms with Crippen molar-refractivity contribution in [3.8, 4) is 0 Å². The van der Waals surface area contributed by atoms with Crippen LogP contribution in [0.4, 0.5) is 4.39 Å². The van der Waals surface area contributed by atoms with Gasteiger partial charge in [0.25, 0.3) is 0 Å². The Balaban J connectivity index is 1.64. The van der Waals surface area contributed by atoms with Gasteiger partial charge in [-0.05, 0) is 42.7 Å². The molecule has 0 unspecified atom stereocenters. The summed E-state index contributed by atoms with van der Waals surface area (Å²) >= 11 is 0. The van der Waals surface area contributed by atoms with E-state index in [2.05, 4.69) is 4.72 Å². The van der Waals surface area contributed by atoms with Gasteiger partial charge in [0.2, 0.25) is 15.9 Å². The summed E-state index contributed by atoms with van der Waals surface area (Å²) in [5.74, 6) is -0.910. The van der Waals surface area contributed by atoms with Crippen molar-refractivity contribution >= 4 is 15.9 Å². The molecule has 1 saturated heterocycles. The van der Waals surface area contributed by atoms with Crippen LogP contribution in [0.1, 0.15) is 24.4 Å². The van der Waals surface area contributed by atoms with Crippen LogP contribution in [0.5, 0.6) is 0 Å². The van der Waals surface area contributed by atoms with Gasteiger partial charge in [0, 0.05) is 19.1 Å². The Morgan fingerprint density at radius 1 is 1.07 bits per heavy atom. The maximum Gasteiger partial charge on any atom is 0.240 e. The van der Waals surface area contributed by atoms with Crippen molar-refractivity contribution in [2.75, 3.05) is 13.1 Å². The number of piperidine rings is 1. The number of benzene rings is 2. The van der Waals surface area contributed by atoms with E-state index in [9.17, 15) is 17.6 Å². The smallest absolute Gasteiger partial charge is 0.240 e. The number of nitrogens with one attached hydrogen (secondary N) is 1. The highest BCUT2D eigenvalue weighted by atomic mass is 32.2. The predicted molar refractivity (Wildman–Crippen MR) is 99.7 cm³/mol. The van der Waals surface area contributed by atoms with Gasteiger partial charge < -0.3 is 5.73 Å². The Labute approximate surface area is 158 Å². The van der Waals surface area contributed by atoms with Crippen LogP contribution in [0.2, 0.25) is 0 Å². The van der Waals surface area contributed by atoms with Crippen molar-refractivity contribution in [3.05, 3.63) is 66.0 Å². The number of rotatable bonds is 6. The highest BCUT2D eigenvalue weighted by molar-refractivity contribution is 7.89. The second kappa shape index (κ2) is 8.16. The molecule has 0 aliphatic carbocycles. The van der Waals surface area contributed by atoms with Gasteiger partial charge in [-0.15, -0.1) is 0 Å². The lowest BCUT2D eigenvalue weighted by atomic mass is 9.99. The third-order valence-corrected chi connectivity index (χ3v) is 6.26. The lowest BCUT2D eigenvalue weighted by Crippen LogP contribution is -2.48. The van der Waals surface area contributed by atoms with Crippen LogP contribution in [0.15, 0.2) is 59.5 Å². The molecule has 1 fully saturated rings. The van der Waals surface area contributed by atoms with Crippen molar-refractivity contribution in [1.82, 2.24) is 9.62 Å². The average Bonchev–Trinajstić information content (AvgIpc) is 2.64. The first-order valence-electron chi connectivity index (χ1n) is 8.73. The number of carbonyl (C=O) groups is 1. The largest absolute Gasteiger partial charge is 0.368 e. The molecular formula is C19H22FN3O3S. The normalized spacial score (nSPS) is 17.5. The number of sulfonamides is 1. The van der Waals surface area contributed by atoms with E-state index in [1.807, 2.05) is 35.2 Å². The molecule has 0 spiro atoms. The van der Waals surface area contributed by atoms with E-state index in [0.717, 1.165) is 17.7 Å². The van der Waals surface area contributed by atoms with Crippen LogP contribution < -0.4 is 10.5 Å². The standard InChI is InChI=1S/C19H22FN3O3S/c20-15-6-8-17(9-7-15)27(25,26)22-16-10-12-23(13-11-16)18(19(21)24)14-4-2-1-3-5-14/h1-9,16,18,22H,10-13H2,(H2,21,24)/t18-/m0/s1. The van der Waals surface area contributed by atoms with Gasteiger partial charge in [0.15, 0.2) is 0 Å². The zero-order chi connectivity index (χ0) is 19.4. The van der Waals surface area contributed by atoms with Crippen LogP contribution >= 0.6 is 0 Å². The highest BCUT2D eigenvalue weighted by Gasteiger charge is 2.31. The summed E-state index contributed by atoms with van der Waals surface area (Å²) < 4.78 is 40.5. The molecule has 0 bridgehead atoms. The van der Waals surface area contributed by atoms with Crippen molar-refractivity contribution < 1.29 is 17.6 Å². The molecule has 1 atom stereocenters. The Hall–Kier alpha value is -2.29. The van der Waals surface area contributed by atoms with E-state index in [4.69, 9.17) is 5.73 Å². The first-order valence-corrected chi connectivity index (χ1v) is 10.2. The topological polar surface area (TPSA) is 92.5 Å². The second-order valence-corrected chi connectivity index (χ2v) is 8.32. The first-order chi connectivity index (χ1) is 12.9. The minimum absolute atomic E-state index is 0.0330. The highest BCUT2D eigenvalue weighted by Crippen LogP contribution is 2.25. The Bertz CT molecular complexity index is 880. The fourth-order valence-electron chi connectivity index (χ4n) is 3.37. The third kappa shape index (κ3) is 4.71. The van der Waals surface area contributed by atoms with Crippen molar-refractivity contribution in [2.24, 2.45) is 5.73 Å². The zero-order valence-corrected chi connectivity index (χ0v) is 15.5. The van der Waals surface area contributed by atoms with Crippen molar-refractivity contribution in [3.63, 3.8) is 0 Å². The summed E-state index contributed by atoms with van der Waals surface area (Å²) in [4.78, 5) is 14.0. The molecule has 0 radical (unpaired) electrons. The van der Waals surface area contributed by atoms with Gasteiger partial charge >= 0.3 is 0 Å². The van der Waals surface area contributed by atoms with E-state index >= 15 is 0 Å². The lowest BCUT2D eigenvalue weighted by Gasteiger charge is -2.36. The Morgan fingerprint density at radius 2 is 1.67 bits per heavy atom. The maximum absolute atomic E-state index is 13.0. The van der Waals surface area contributed by atoms with Gasteiger partial charge in [-0.1, -0.05) is 30.3 Å². The zero-order valence-electron chi connectivity index (χ0n) is 14.7. The van der Waals surface area contributed by atoms with Crippen molar-refractivity contribution in [1.29, 1.82) is 0 Å². The Morgan fingerprint density at radius 3 is 2.22 bits per heavy atom. The molecule has 3 N–H and O–H groups in total. The number of carbonyl (C=O) groups excluding carboxylic acids is 1. The number of amides is 1. The molecule has 27 heavy (non-hydrogen) atoms. The molecule has 1 amide bonds. The summed E-state index contributed by atoms with van der Waals surface area (Å²) in [6.45, 7) is 1.08. The SMILES string of the molecule is NC(=O)[C@H](c1ccccc1)N1CCC(NS(=O)(=O)c2ccc(F)cc2)CC1. The maximum atomic E-state index is 13.0. The molecule has 0 saturated carbocycles. The molecule has 2 aromatic carbocycles. The van der Waals surface area contributed by atoms with E-state index < -0.39 is 27.8 Å². The van der Waals surface area contributed by atoms with Gasteiger partial charge in [0.05, 0.1) is 4.90 Å². The van der Waals surface area contributed by atoms with E-state index in [1.165, 1.54) is 12.1 Å². The van der Waals surface area contributed by atoms with Crippen LogP contribution in [0, 0.1) is 5.82 Å². The molecular weight excluding hydrogens is 369 g/mol. The van der Waals surface area contributed by atoms with Gasteiger partial charge in [-0.25, -0.2) is 17.5 Å². The molecule has 2 aromatic rings. The number of nitrogens with zero attached hydrogens (tertiary/aromatic N) is 1. The number of hydrogen-bond acceptors (Lipinski definition) is 4. The summed E-state index contributed by atoms with van der Waals surface area (Å²) in [7, 11) is -3.71. The van der Waals surface area contributed by atoms with Crippen LogP contribution in [0.25, 0.3) is 0 Å². The minimum Gasteiger partial charge on any atom is -0.368 e. The molecule has 6 nitrogen and oxygen atoms in total. The molecule has 8 heteroatoms. The molecule has 1 heterocycles. The quantitative estimate of drug-likeness (QED) is 0.785. The molecule has 0 aromatic heterocycles. The number of nitrogens with two attached hydrogens (primary N) is 1. The van der Waals surface area contributed by atoms with E-state index in [1.54, 1.807) is 0 Å². The summed E-state index contributed by atoms with van der Waals surface area (Å²) in [5.41, 5.74) is 6.43. The average molecular weight is 391 g/mol. The number of likely N-dealkylation sites (tertiary alicyclic amines) is 1. The predicted octanol–water partition coefficient (Wildman–Crippen LogP) is 1.79. The molecule has 1 aliphatic rings. The second-order valence-electron chi connectivity index (χ2n) is 6.60. The summed E-state index contributed by atoms with van der Waals surface area (Å²) in [6.07, 6.45) is 1.11. The lowest BCUT2D eigenvalue weighted by molar-refractivity contribution is -0.124. The molecule has 144 valence electrons. The molecule has 1 aliphatic heterocycles. The number of primary amides is 1. The van der Waals surface area contributed by atoms with Crippen LogP contribution in [-0.2, 0) is 14.8 Å². The van der Waals surface area contributed by atoms with Crippen LogP contribution in [0.3, 0.4) is 0 Å². The number of halogens is 1. The number of hydrogen-bond donors (Lipinski definition) is 2. The third-order valence-electron chi connectivity index (χ3n) is 4.73. The molecule has 3 rings (SSSR count). The van der Waals surface area contributed by atoms with Crippen LogP contribution in [-0.4, -0.2) is 38.4 Å². The summed E-state index contributed by atoms with van der Waals surface area (Å²) in [6, 6.07) is 13.3. The Kier molecular flexibility index (Phi) is 5.88. The monoisotopic (exact) mass is 391 g/mol. The van der Waals surface area contributed by atoms with E-state index in [0.29, 0.717) is 25.9 Å². The fourth-order valence-corrected chi connectivity index (χ4v) is 4.67. The summed E-state index contributed by atoms with van der Waals surface area (Å²) in [5, 5.41) is 0.